The molecule has 2 heterocycles. The maximum atomic E-state index is 12.9. The number of nitrogens with zero attached hydrogens (tertiary/aromatic N) is 3. The zero-order valence-corrected chi connectivity index (χ0v) is 24.7. The average Bonchev–Trinajstić information content (AvgIpc) is 3.36. The van der Waals surface area contributed by atoms with Crippen LogP contribution in [0.5, 0.6) is 5.75 Å². The molecule has 4 rings (SSSR count). The van der Waals surface area contributed by atoms with Crippen LogP contribution in [0.4, 0.5) is 5.00 Å². The molecular weight excluding hydrogens is 532 g/mol. The molecule has 2 aromatic heterocycles. The molecule has 0 radical (unpaired) electrons. The van der Waals surface area contributed by atoms with Crippen LogP contribution in [-0.2, 0) is 40.9 Å². The van der Waals surface area contributed by atoms with Crippen LogP contribution in [0.25, 0.3) is 0 Å². The molecule has 0 atom stereocenters. The number of thiophene rings is 1. The first-order chi connectivity index (χ1) is 18.7. The minimum absolute atomic E-state index is 0.0736. The second kappa shape index (κ2) is 12.8. The fraction of sp³-hybridized carbons (Fsp3) is 0.448. The van der Waals surface area contributed by atoms with E-state index in [1.54, 1.807) is 6.08 Å². The van der Waals surface area contributed by atoms with Gasteiger partial charge in [0.15, 0.2) is 11.0 Å². The van der Waals surface area contributed by atoms with E-state index in [4.69, 9.17) is 9.47 Å². The molecule has 0 unspecified atom stereocenters. The lowest BCUT2D eigenvalue weighted by atomic mass is 9.87. The van der Waals surface area contributed by atoms with E-state index in [1.807, 2.05) is 16.7 Å². The lowest BCUT2D eigenvalue weighted by Gasteiger charge is -2.19. The fourth-order valence-electron chi connectivity index (χ4n) is 4.49. The Balaban J connectivity index is 1.41. The highest BCUT2D eigenvalue weighted by Gasteiger charge is 2.26. The first-order valence-electron chi connectivity index (χ1n) is 13.1. The number of amides is 1. The number of carbonyl (C=O) groups is 2. The van der Waals surface area contributed by atoms with Gasteiger partial charge in [-0.1, -0.05) is 57.2 Å². The van der Waals surface area contributed by atoms with Gasteiger partial charge in [0.25, 0.3) is 0 Å². The summed E-state index contributed by atoms with van der Waals surface area (Å²) >= 11 is 2.77. The van der Waals surface area contributed by atoms with Gasteiger partial charge in [0.2, 0.25) is 5.91 Å². The summed E-state index contributed by atoms with van der Waals surface area (Å²) in [6.07, 6.45) is 6.77. The number of nitrogens with one attached hydrogen (secondary N) is 1. The van der Waals surface area contributed by atoms with E-state index in [-0.39, 0.29) is 23.7 Å². The van der Waals surface area contributed by atoms with E-state index in [0.717, 1.165) is 43.4 Å². The molecule has 1 N–H and O–H groups in total. The number of anilines is 1. The van der Waals surface area contributed by atoms with Crippen LogP contribution < -0.4 is 10.1 Å². The molecule has 0 spiro atoms. The predicted molar refractivity (Wildman–Crippen MR) is 156 cm³/mol. The van der Waals surface area contributed by atoms with Gasteiger partial charge < -0.3 is 14.8 Å². The van der Waals surface area contributed by atoms with E-state index in [1.165, 1.54) is 40.6 Å². The van der Waals surface area contributed by atoms with Gasteiger partial charge >= 0.3 is 5.97 Å². The minimum atomic E-state index is -0.402. The van der Waals surface area contributed by atoms with E-state index < -0.39 is 5.97 Å². The van der Waals surface area contributed by atoms with Crippen LogP contribution in [0.3, 0.4) is 0 Å². The number of carbonyl (C=O) groups excluding carboxylic acids is 2. The largest absolute Gasteiger partial charge is 0.486 e. The summed E-state index contributed by atoms with van der Waals surface area (Å²) in [6.45, 7) is 11.1. The molecule has 10 heteroatoms. The molecule has 1 aromatic carbocycles. The Morgan fingerprint density at radius 3 is 2.59 bits per heavy atom. The lowest BCUT2D eigenvalue weighted by molar-refractivity contribution is -0.113. The molecule has 1 aliphatic rings. The summed E-state index contributed by atoms with van der Waals surface area (Å²) in [5.41, 5.74) is 2.83. The van der Waals surface area contributed by atoms with Gasteiger partial charge in [0.05, 0.1) is 18.4 Å². The Morgan fingerprint density at radius 2 is 1.90 bits per heavy atom. The third kappa shape index (κ3) is 7.10. The predicted octanol–water partition coefficient (Wildman–Crippen LogP) is 6.19. The molecule has 3 aromatic rings. The van der Waals surface area contributed by atoms with E-state index in [2.05, 4.69) is 55.0 Å². The number of ether oxygens (including phenoxy) is 2. The number of hydrogen-bond acceptors (Lipinski definition) is 8. The summed E-state index contributed by atoms with van der Waals surface area (Å²) in [7, 11) is 1.37. The van der Waals surface area contributed by atoms with Gasteiger partial charge in [-0.15, -0.1) is 28.1 Å². The van der Waals surface area contributed by atoms with Crippen LogP contribution in [0.2, 0.25) is 0 Å². The lowest BCUT2D eigenvalue weighted by Crippen LogP contribution is -2.17. The van der Waals surface area contributed by atoms with Gasteiger partial charge in [-0.05, 0) is 54.4 Å². The maximum absolute atomic E-state index is 12.9. The molecule has 39 heavy (non-hydrogen) atoms. The van der Waals surface area contributed by atoms with E-state index >= 15 is 0 Å². The normalized spacial score (nSPS) is 13.3. The zero-order chi connectivity index (χ0) is 28.0. The second-order valence-corrected chi connectivity index (χ2v) is 12.5. The van der Waals surface area contributed by atoms with Gasteiger partial charge in [-0.2, -0.15) is 0 Å². The Labute approximate surface area is 238 Å². The summed E-state index contributed by atoms with van der Waals surface area (Å²) in [6, 6.07) is 8.06. The molecule has 208 valence electrons. The highest BCUT2D eigenvalue weighted by molar-refractivity contribution is 7.99. The van der Waals surface area contributed by atoms with Crippen molar-refractivity contribution in [3.8, 4) is 5.75 Å². The number of benzene rings is 1. The third-order valence-corrected chi connectivity index (χ3v) is 8.76. The second-order valence-electron chi connectivity index (χ2n) is 10.5. The monoisotopic (exact) mass is 568 g/mol. The van der Waals surface area contributed by atoms with Crippen molar-refractivity contribution in [3.63, 3.8) is 0 Å². The first-order valence-corrected chi connectivity index (χ1v) is 14.9. The summed E-state index contributed by atoms with van der Waals surface area (Å²) < 4.78 is 12.9. The Kier molecular flexibility index (Phi) is 9.50. The molecule has 8 nitrogen and oxygen atoms in total. The van der Waals surface area contributed by atoms with Crippen LogP contribution >= 0.6 is 23.1 Å². The number of esters is 1. The van der Waals surface area contributed by atoms with Crippen molar-refractivity contribution in [1.82, 2.24) is 14.8 Å². The minimum Gasteiger partial charge on any atom is -0.486 e. The molecule has 1 amide bonds. The van der Waals surface area contributed by atoms with Crippen molar-refractivity contribution in [2.24, 2.45) is 0 Å². The van der Waals surface area contributed by atoms with Crippen molar-refractivity contribution in [3.05, 3.63) is 64.3 Å². The van der Waals surface area contributed by atoms with Crippen molar-refractivity contribution in [1.29, 1.82) is 0 Å². The molecule has 0 bridgehead atoms. The summed E-state index contributed by atoms with van der Waals surface area (Å²) in [5, 5.41) is 12.7. The van der Waals surface area contributed by atoms with Crippen LogP contribution in [-0.4, -0.2) is 39.5 Å². The summed E-state index contributed by atoms with van der Waals surface area (Å²) in [4.78, 5) is 26.7. The number of rotatable bonds is 10. The number of methoxy groups -OCH3 is 1. The quantitative estimate of drug-likeness (QED) is 0.135. The molecule has 0 fully saturated rings. The Bertz CT molecular complexity index is 1320. The van der Waals surface area contributed by atoms with Gasteiger partial charge in [-0.25, -0.2) is 4.79 Å². The van der Waals surface area contributed by atoms with Crippen molar-refractivity contribution >= 4 is 40.0 Å². The Hall–Kier alpha value is -3.11. The third-order valence-electron chi connectivity index (χ3n) is 6.59. The molecule has 0 aliphatic heterocycles. The van der Waals surface area contributed by atoms with Gasteiger partial charge in [0, 0.05) is 11.4 Å². The van der Waals surface area contributed by atoms with E-state index in [0.29, 0.717) is 28.1 Å². The standard InChI is InChI=1S/C29H36N4O4S2/c1-6-16-33-23(17-37-20-14-12-19(13-15-20)29(2,3)4)31-32-28(33)38-18-24(34)30-26-25(27(35)36-5)21-10-8-7-9-11-22(21)39-26/h6,12-15H,1,7-11,16-18H2,2-5H3,(H,30,34). The highest BCUT2D eigenvalue weighted by Crippen LogP contribution is 2.38. The maximum Gasteiger partial charge on any atom is 0.341 e. The molecule has 1 aliphatic carbocycles. The van der Waals surface area contributed by atoms with Crippen molar-refractivity contribution in [2.45, 2.75) is 76.6 Å². The number of aromatic nitrogens is 3. The molecular formula is C29H36N4O4S2. The smallest absolute Gasteiger partial charge is 0.341 e. The van der Waals surface area contributed by atoms with E-state index in [9.17, 15) is 9.59 Å². The number of thioether (sulfide) groups is 1. The summed E-state index contributed by atoms with van der Waals surface area (Å²) in [5.74, 6) is 0.897. The molecule has 0 saturated heterocycles. The zero-order valence-electron chi connectivity index (χ0n) is 23.0. The SMILES string of the molecule is C=CCn1c(COc2ccc(C(C)(C)C)cc2)nnc1SCC(=O)Nc1sc2c(c1C(=O)OC)CCCCC2. The fourth-order valence-corrected chi connectivity index (χ4v) is 6.55. The van der Waals surface area contributed by atoms with Crippen LogP contribution in [0, 0.1) is 0 Å². The van der Waals surface area contributed by atoms with Crippen LogP contribution in [0.1, 0.15) is 72.2 Å². The topological polar surface area (TPSA) is 95.3 Å². The first kappa shape index (κ1) is 28.9. The number of allylic oxidation sites excluding steroid dienone is 1. The molecule has 0 saturated carbocycles. The highest BCUT2D eigenvalue weighted by atomic mass is 32.2. The van der Waals surface area contributed by atoms with Gasteiger partial charge in [0.1, 0.15) is 17.4 Å². The number of hydrogen-bond donors (Lipinski definition) is 1. The van der Waals surface area contributed by atoms with Crippen molar-refractivity contribution in [2.75, 3.05) is 18.2 Å². The number of fused-ring (bicyclic) bond motifs is 1. The van der Waals surface area contributed by atoms with Crippen LogP contribution in [0.15, 0.2) is 42.1 Å². The number of aryl methyl sites for hydroxylation is 1. The average molecular weight is 569 g/mol. The van der Waals surface area contributed by atoms with Gasteiger partial charge in [-0.3, -0.25) is 9.36 Å². The Morgan fingerprint density at radius 1 is 1.15 bits per heavy atom. The van der Waals surface area contributed by atoms with Crippen molar-refractivity contribution < 1.29 is 19.1 Å².